The smallest absolute Gasteiger partial charge is 0.208 e. The summed E-state index contributed by atoms with van der Waals surface area (Å²) in [6.45, 7) is 4.97. The van der Waals surface area contributed by atoms with E-state index in [4.69, 9.17) is 9.15 Å². The van der Waals surface area contributed by atoms with Crippen molar-refractivity contribution in [2.24, 2.45) is 0 Å². The van der Waals surface area contributed by atoms with Gasteiger partial charge in [0.15, 0.2) is 0 Å². The van der Waals surface area contributed by atoms with Crippen molar-refractivity contribution in [3.8, 4) is 0 Å². The Morgan fingerprint density at radius 2 is 2.08 bits per heavy atom. The molecule has 5 nitrogen and oxygen atoms in total. The highest BCUT2D eigenvalue weighted by Gasteiger charge is 2.21. The van der Waals surface area contributed by atoms with Gasteiger partial charge in [-0.05, 0) is 50.6 Å². The predicted octanol–water partition coefficient (Wildman–Crippen LogP) is 3.37. The molecule has 0 bridgehead atoms. The number of ether oxygens (including phenoxy) is 1. The third-order valence-corrected chi connectivity index (χ3v) is 4.67. The molecule has 0 N–H and O–H groups in total. The molecule has 0 radical (unpaired) electrons. The maximum absolute atomic E-state index is 13.8. The van der Waals surface area contributed by atoms with Crippen LogP contribution in [0.15, 0.2) is 28.8 Å². The molecule has 1 aliphatic rings. The van der Waals surface area contributed by atoms with Crippen molar-refractivity contribution in [3.63, 3.8) is 0 Å². The van der Waals surface area contributed by atoms with Crippen molar-refractivity contribution in [1.29, 1.82) is 0 Å². The molecular weight excluding hydrogens is 321 g/mol. The minimum atomic E-state index is -0.203. The molecule has 0 amide bonds. The summed E-state index contributed by atoms with van der Waals surface area (Å²) in [7, 11) is 3.76. The number of rotatable bonds is 6. The van der Waals surface area contributed by atoms with Crippen molar-refractivity contribution in [2.75, 3.05) is 32.1 Å². The Kier molecular flexibility index (Phi) is 5.71. The van der Waals surface area contributed by atoms with Crippen molar-refractivity contribution in [3.05, 3.63) is 47.4 Å². The fourth-order valence-electron chi connectivity index (χ4n) is 3.37. The van der Waals surface area contributed by atoms with Gasteiger partial charge in [0.2, 0.25) is 5.89 Å². The van der Waals surface area contributed by atoms with Gasteiger partial charge in [0.25, 0.3) is 0 Å². The van der Waals surface area contributed by atoms with Gasteiger partial charge in [0.05, 0.1) is 18.8 Å². The first-order valence-corrected chi connectivity index (χ1v) is 8.71. The first kappa shape index (κ1) is 17.9. The molecule has 0 saturated carbocycles. The summed E-state index contributed by atoms with van der Waals surface area (Å²) in [5.74, 6) is 1.28. The van der Waals surface area contributed by atoms with Crippen molar-refractivity contribution in [1.82, 2.24) is 9.88 Å². The monoisotopic (exact) mass is 347 g/mol. The molecule has 0 unspecified atom stereocenters. The topological polar surface area (TPSA) is 41.7 Å². The van der Waals surface area contributed by atoms with E-state index in [1.165, 1.54) is 0 Å². The van der Waals surface area contributed by atoms with Gasteiger partial charge in [-0.2, -0.15) is 0 Å². The van der Waals surface area contributed by atoms with E-state index in [2.05, 4.69) is 14.8 Å². The summed E-state index contributed by atoms with van der Waals surface area (Å²) < 4.78 is 24.8. The van der Waals surface area contributed by atoms with Gasteiger partial charge >= 0.3 is 0 Å². The highest BCUT2D eigenvalue weighted by molar-refractivity contribution is 5.54. The predicted molar refractivity (Wildman–Crippen MR) is 95.1 cm³/mol. The molecule has 25 heavy (non-hydrogen) atoms. The lowest BCUT2D eigenvalue weighted by Gasteiger charge is -2.34. The van der Waals surface area contributed by atoms with E-state index in [0.717, 1.165) is 42.9 Å². The molecule has 1 aromatic heterocycles. The molecule has 3 rings (SSSR count). The van der Waals surface area contributed by atoms with Gasteiger partial charge in [-0.3, -0.25) is 4.90 Å². The second kappa shape index (κ2) is 7.97. The molecule has 136 valence electrons. The van der Waals surface area contributed by atoms with Gasteiger partial charge in [-0.25, -0.2) is 9.37 Å². The number of anilines is 1. The van der Waals surface area contributed by atoms with E-state index in [1.807, 2.05) is 20.0 Å². The Balaban J connectivity index is 1.70. The number of hydrogen-bond donors (Lipinski definition) is 0. The van der Waals surface area contributed by atoms with Crippen LogP contribution < -0.4 is 4.90 Å². The fourth-order valence-corrected chi connectivity index (χ4v) is 3.37. The number of piperidine rings is 1. The van der Waals surface area contributed by atoms with E-state index in [0.29, 0.717) is 25.1 Å². The van der Waals surface area contributed by atoms with Crippen LogP contribution in [0, 0.1) is 12.7 Å². The van der Waals surface area contributed by atoms with Crippen molar-refractivity contribution >= 4 is 5.69 Å². The van der Waals surface area contributed by atoms with E-state index in [9.17, 15) is 4.39 Å². The Labute approximate surface area is 148 Å². The maximum Gasteiger partial charge on any atom is 0.208 e. The first-order chi connectivity index (χ1) is 12.0. The lowest BCUT2D eigenvalue weighted by atomic mass is 10.0. The van der Waals surface area contributed by atoms with Crippen LogP contribution in [-0.4, -0.2) is 43.2 Å². The summed E-state index contributed by atoms with van der Waals surface area (Å²) in [5, 5.41) is 0. The third kappa shape index (κ3) is 4.58. The highest BCUT2D eigenvalue weighted by Crippen LogP contribution is 2.27. The molecule has 2 aromatic rings. The number of aromatic nitrogens is 1. The Hall–Kier alpha value is -1.92. The summed E-state index contributed by atoms with van der Waals surface area (Å²) in [4.78, 5) is 8.65. The normalized spacial score (nSPS) is 16.0. The molecule has 1 aliphatic heterocycles. The Morgan fingerprint density at radius 3 is 2.72 bits per heavy atom. The third-order valence-electron chi connectivity index (χ3n) is 4.67. The van der Waals surface area contributed by atoms with Crippen LogP contribution >= 0.6 is 0 Å². The summed E-state index contributed by atoms with van der Waals surface area (Å²) in [5.41, 5.74) is 2.09. The molecule has 0 aliphatic carbocycles. The quantitative estimate of drug-likeness (QED) is 0.801. The molecule has 0 spiro atoms. The number of methoxy groups -OCH3 is 1. The summed E-state index contributed by atoms with van der Waals surface area (Å²) in [6, 6.07) is 5.06. The first-order valence-electron chi connectivity index (χ1n) is 8.71. The van der Waals surface area contributed by atoms with Gasteiger partial charge in [0.1, 0.15) is 11.6 Å². The van der Waals surface area contributed by atoms with Gasteiger partial charge in [-0.1, -0.05) is 0 Å². The molecule has 1 aromatic carbocycles. The molecule has 1 saturated heterocycles. The van der Waals surface area contributed by atoms with Gasteiger partial charge in [0, 0.05) is 32.4 Å². The number of benzene rings is 1. The van der Waals surface area contributed by atoms with Crippen LogP contribution in [-0.2, 0) is 17.8 Å². The summed E-state index contributed by atoms with van der Waals surface area (Å²) in [6.07, 6.45) is 4.05. The van der Waals surface area contributed by atoms with E-state index in [-0.39, 0.29) is 5.82 Å². The molecule has 1 fully saturated rings. The van der Waals surface area contributed by atoms with Crippen molar-refractivity contribution < 1.29 is 13.5 Å². The van der Waals surface area contributed by atoms with Crippen LogP contribution in [0.2, 0.25) is 0 Å². The van der Waals surface area contributed by atoms with E-state index < -0.39 is 0 Å². The average molecular weight is 347 g/mol. The average Bonchev–Trinajstić information content (AvgIpc) is 3.00. The second-order valence-electron chi connectivity index (χ2n) is 6.73. The molecule has 2 heterocycles. The van der Waals surface area contributed by atoms with E-state index >= 15 is 0 Å². The minimum Gasteiger partial charge on any atom is -0.445 e. The highest BCUT2D eigenvalue weighted by atomic mass is 19.1. The second-order valence-corrected chi connectivity index (χ2v) is 6.73. The number of hydrogen-bond acceptors (Lipinski definition) is 5. The largest absolute Gasteiger partial charge is 0.445 e. The zero-order chi connectivity index (χ0) is 17.8. The summed E-state index contributed by atoms with van der Waals surface area (Å²) >= 11 is 0. The fraction of sp³-hybridized carbons (Fsp3) is 0.526. The van der Waals surface area contributed by atoms with Gasteiger partial charge in [-0.15, -0.1) is 0 Å². The lowest BCUT2D eigenvalue weighted by molar-refractivity contribution is 0.0818. The maximum atomic E-state index is 13.8. The molecular formula is C19H26FN3O2. The van der Waals surface area contributed by atoms with Crippen LogP contribution in [0.3, 0.4) is 0 Å². The SMILES string of the molecule is COC1CCN(c2ccc(F)cc2CN(C)Cc2ncc(C)o2)CC1. The number of nitrogens with zero attached hydrogens (tertiary/aromatic N) is 3. The van der Waals surface area contributed by atoms with Crippen molar-refractivity contribution in [2.45, 2.75) is 39.0 Å². The van der Waals surface area contributed by atoms with Crippen LogP contribution in [0.25, 0.3) is 0 Å². The molecule has 6 heteroatoms. The molecule has 0 atom stereocenters. The standard InChI is InChI=1S/C19H26FN3O2/c1-14-11-21-19(25-14)13-22(2)12-15-10-16(20)4-5-18(15)23-8-6-17(24-3)7-9-23/h4-5,10-11,17H,6-9,12-13H2,1-3H3. The van der Waals surface area contributed by atoms with Crippen LogP contribution in [0.1, 0.15) is 30.1 Å². The van der Waals surface area contributed by atoms with E-state index in [1.54, 1.807) is 25.4 Å². The lowest BCUT2D eigenvalue weighted by Crippen LogP contribution is -2.37. The number of aryl methyl sites for hydroxylation is 1. The minimum absolute atomic E-state index is 0.203. The van der Waals surface area contributed by atoms with Gasteiger partial charge < -0.3 is 14.1 Å². The van der Waals surface area contributed by atoms with Crippen LogP contribution in [0.4, 0.5) is 10.1 Å². The zero-order valence-electron chi connectivity index (χ0n) is 15.2. The number of halogens is 1. The Morgan fingerprint density at radius 1 is 1.32 bits per heavy atom. The zero-order valence-corrected chi connectivity index (χ0v) is 15.2. The number of oxazole rings is 1. The Bertz CT molecular complexity index is 696. The van der Waals surface area contributed by atoms with Crippen LogP contribution in [0.5, 0.6) is 0 Å².